The summed E-state index contributed by atoms with van der Waals surface area (Å²) in [5, 5.41) is 9.84. The number of hydrogen-bond acceptors (Lipinski definition) is 3. The van der Waals surface area contributed by atoms with Gasteiger partial charge in [-0.15, -0.1) is 0 Å². The molecule has 0 unspecified atom stereocenters. The van der Waals surface area contributed by atoms with E-state index in [2.05, 4.69) is 9.97 Å². The van der Waals surface area contributed by atoms with Crippen LogP contribution in [0, 0.1) is 18.3 Å². The van der Waals surface area contributed by atoms with Crippen molar-refractivity contribution in [2.24, 2.45) is 11.3 Å². The van der Waals surface area contributed by atoms with E-state index in [1.807, 2.05) is 11.8 Å². The molecule has 1 aliphatic carbocycles. The van der Waals surface area contributed by atoms with Crippen LogP contribution in [-0.4, -0.2) is 45.6 Å². The summed E-state index contributed by atoms with van der Waals surface area (Å²) in [6, 6.07) is 0. The summed E-state index contributed by atoms with van der Waals surface area (Å²) in [6.07, 6.45) is 7.21. The van der Waals surface area contributed by atoms with Crippen LogP contribution in [0.1, 0.15) is 48.3 Å². The number of nitrogens with one attached hydrogen (secondary N) is 1. The first-order chi connectivity index (χ1) is 9.63. The molecule has 1 aliphatic heterocycles. The third kappa shape index (κ3) is 2.59. The Labute approximate surface area is 119 Å². The van der Waals surface area contributed by atoms with Gasteiger partial charge in [0, 0.05) is 24.2 Å². The molecule has 1 saturated carbocycles. The van der Waals surface area contributed by atoms with E-state index >= 15 is 0 Å². The van der Waals surface area contributed by atoms with E-state index in [0.717, 1.165) is 37.4 Å². The van der Waals surface area contributed by atoms with E-state index in [1.54, 1.807) is 6.33 Å². The predicted molar refractivity (Wildman–Crippen MR) is 75.3 cm³/mol. The number of imidazole rings is 1. The molecule has 1 amide bonds. The van der Waals surface area contributed by atoms with Crippen LogP contribution in [-0.2, 0) is 0 Å². The lowest BCUT2D eigenvalue weighted by molar-refractivity contribution is 0.0193. The number of aromatic amines is 1. The minimum atomic E-state index is -0.0840. The molecule has 20 heavy (non-hydrogen) atoms. The van der Waals surface area contributed by atoms with Gasteiger partial charge in [0.2, 0.25) is 0 Å². The zero-order chi connectivity index (χ0) is 14.2. The monoisotopic (exact) mass is 277 g/mol. The van der Waals surface area contributed by atoms with E-state index in [0.29, 0.717) is 12.2 Å². The van der Waals surface area contributed by atoms with Crippen molar-refractivity contribution in [2.45, 2.75) is 39.0 Å². The second-order valence-corrected chi connectivity index (χ2v) is 6.51. The van der Waals surface area contributed by atoms with Crippen LogP contribution in [0.2, 0.25) is 0 Å². The molecule has 1 saturated heterocycles. The fourth-order valence-corrected chi connectivity index (χ4v) is 3.40. The zero-order valence-electron chi connectivity index (χ0n) is 12.1. The molecule has 1 atom stereocenters. The Hall–Kier alpha value is -1.36. The number of aliphatic hydroxyl groups excluding tert-OH is 1. The van der Waals surface area contributed by atoms with Gasteiger partial charge in [-0.2, -0.15) is 0 Å². The minimum Gasteiger partial charge on any atom is -0.396 e. The standard InChI is InChI=1S/C15H23N3O2/c1-11-13(17-10-16-11)14(20)18-6-2-5-15(8-18,9-19)7-12-3-4-12/h10,12,19H,2-9H2,1H3,(H,16,17)/t15-/m0/s1. The molecule has 1 aromatic rings. The number of hydrogen-bond donors (Lipinski definition) is 2. The number of piperidine rings is 1. The summed E-state index contributed by atoms with van der Waals surface area (Å²) in [6.45, 7) is 3.50. The van der Waals surface area contributed by atoms with E-state index in [1.165, 1.54) is 12.8 Å². The number of rotatable bonds is 4. The molecule has 2 fully saturated rings. The maximum atomic E-state index is 12.5. The van der Waals surface area contributed by atoms with Crippen LogP contribution in [0.4, 0.5) is 0 Å². The van der Waals surface area contributed by atoms with Gasteiger partial charge in [0.05, 0.1) is 12.9 Å². The first-order valence-electron chi connectivity index (χ1n) is 7.54. The Morgan fingerprint density at radius 3 is 3.00 bits per heavy atom. The second kappa shape index (κ2) is 5.20. The Balaban J connectivity index is 1.73. The summed E-state index contributed by atoms with van der Waals surface area (Å²) >= 11 is 0. The molecule has 5 nitrogen and oxygen atoms in total. The zero-order valence-corrected chi connectivity index (χ0v) is 12.1. The highest BCUT2D eigenvalue weighted by molar-refractivity contribution is 5.93. The highest BCUT2D eigenvalue weighted by atomic mass is 16.3. The lowest BCUT2D eigenvalue weighted by Crippen LogP contribution is -2.48. The van der Waals surface area contributed by atoms with E-state index < -0.39 is 0 Å². The maximum absolute atomic E-state index is 12.5. The highest BCUT2D eigenvalue weighted by Gasteiger charge is 2.41. The minimum absolute atomic E-state index is 0.00271. The summed E-state index contributed by atoms with van der Waals surface area (Å²) < 4.78 is 0. The van der Waals surface area contributed by atoms with Crippen LogP contribution >= 0.6 is 0 Å². The second-order valence-electron chi connectivity index (χ2n) is 6.51. The Morgan fingerprint density at radius 2 is 2.40 bits per heavy atom. The first-order valence-corrected chi connectivity index (χ1v) is 7.54. The van der Waals surface area contributed by atoms with Gasteiger partial charge >= 0.3 is 0 Å². The molecule has 0 aromatic carbocycles. The average Bonchev–Trinajstić information content (AvgIpc) is 3.16. The lowest BCUT2D eigenvalue weighted by Gasteiger charge is -2.42. The van der Waals surface area contributed by atoms with Crippen LogP contribution in [0.3, 0.4) is 0 Å². The van der Waals surface area contributed by atoms with Crippen LogP contribution in [0.15, 0.2) is 6.33 Å². The number of carbonyl (C=O) groups excluding carboxylic acids is 1. The Morgan fingerprint density at radius 1 is 1.60 bits per heavy atom. The lowest BCUT2D eigenvalue weighted by atomic mass is 9.76. The van der Waals surface area contributed by atoms with Crippen molar-refractivity contribution in [3.63, 3.8) is 0 Å². The third-order valence-corrected chi connectivity index (χ3v) is 4.74. The number of aliphatic hydroxyl groups is 1. The number of nitrogens with zero attached hydrogens (tertiary/aromatic N) is 2. The topological polar surface area (TPSA) is 69.2 Å². The molecular weight excluding hydrogens is 254 g/mol. The number of aromatic nitrogens is 2. The van der Waals surface area contributed by atoms with Gasteiger partial charge in [0.1, 0.15) is 5.69 Å². The molecule has 0 spiro atoms. The third-order valence-electron chi connectivity index (χ3n) is 4.74. The van der Waals surface area contributed by atoms with Crippen molar-refractivity contribution in [1.82, 2.24) is 14.9 Å². The van der Waals surface area contributed by atoms with Crippen molar-refractivity contribution in [2.75, 3.05) is 19.7 Å². The quantitative estimate of drug-likeness (QED) is 0.880. The molecule has 2 aliphatic rings. The number of carbonyl (C=O) groups is 1. The van der Waals surface area contributed by atoms with E-state index in [4.69, 9.17) is 0 Å². The largest absolute Gasteiger partial charge is 0.396 e. The molecule has 2 N–H and O–H groups in total. The molecule has 1 aromatic heterocycles. The molecule has 5 heteroatoms. The summed E-state index contributed by atoms with van der Waals surface area (Å²) in [4.78, 5) is 21.5. The van der Waals surface area contributed by atoms with Crippen molar-refractivity contribution >= 4 is 5.91 Å². The van der Waals surface area contributed by atoms with Gasteiger partial charge in [-0.3, -0.25) is 4.79 Å². The van der Waals surface area contributed by atoms with Crippen LogP contribution < -0.4 is 0 Å². The van der Waals surface area contributed by atoms with E-state index in [-0.39, 0.29) is 17.9 Å². The van der Waals surface area contributed by atoms with Gasteiger partial charge < -0.3 is 15.0 Å². The van der Waals surface area contributed by atoms with Gasteiger partial charge in [-0.25, -0.2) is 4.98 Å². The maximum Gasteiger partial charge on any atom is 0.274 e. The summed E-state index contributed by atoms with van der Waals surface area (Å²) in [5.41, 5.74) is 1.25. The SMILES string of the molecule is Cc1[nH]cnc1C(=O)N1CCC[C@](CO)(CC2CC2)C1. The van der Waals surface area contributed by atoms with Crippen molar-refractivity contribution < 1.29 is 9.90 Å². The van der Waals surface area contributed by atoms with Crippen molar-refractivity contribution in [1.29, 1.82) is 0 Å². The fraction of sp³-hybridized carbons (Fsp3) is 0.733. The number of likely N-dealkylation sites (tertiary alicyclic amines) is 1. The average molecular weight is 277 g/mol. The first kappa shape index (κ1) is 13.6. The molecule has 2 heterocycles. The summed E-state index contributed by atoms with van der Waals surface area (Å²) in [7, 11) is 0. The number of aryl methyl sites for hydroxylation is 1. The molecule has 0 radical (unpaired) electrons. The van der Waals surface area contributed by atoms with Crippen LogP contribution in [0.5, 0.6) is 0 Å². The van der Waals surface area contributed by atoms with Gasteiger partial charge in [-0.05, 0) is 32.1 Å². The van der Waals surface area contributed by atoms with Gasteiger partial charge in [-0.1, -0.05) is 12.8 Å². The molecule has 0 bridgehead atoms. The highest BCUT2D eigenvalue weighted by Crippen LogP contribution is 2.44. The smallest absolute Gasteiger partial charge is 0.274 e. The van der Waals surface area contributed by atoms with Crippen molar-refractivity contribution in [3.8, 4) is 0 Å². The number of H-pyrrole nitrogens is 1. The molecule has 110 valence electrons. The normalized spacial score (nSPS) is 26.8. The number of amides is 1. The Bertz CT molecular complexity index is 495. The Kier molecular flexibility index (Phi) is 3.54. The molecular formula is C15H23N3O2. The van der Waals surface area contributed by atoms with Crippen LogP contribution in [0.25, 0.3) is 0 Å². The van der Waals surface area contributed by atoms with Gasteiger partial charge in [0.15, 0.2) is 0 Å². The molecule has 3 rings (SSSR count). The van der Waals surface area contributed by atoms with E-state index in [9.17, 15) is 9.90 Å². The fourth-order valence-electron chi connectivity index (χ4n) is 3.40. The van der Waals surface area contributed by atoms with Gasteiger partial charge in [0.25, 0.3) is 5.91 Å². The predicted octanol–water partition coefficient (Wildman–Crippen LogP) is 1.73. The summed E-state index contributed by atoms with van der Waals surface area (Å²) in [5.74, 6) is 0.765. The van der Waals surface area contributed by atoms with Crippen molar-refractivity contribution in [3.05, 3.63) is 17.7 Å².